The molecule has 1 aromatic heterocycles. The molecule has 1 atom stereocenters. The molecule has 1 N–H and O–H groups in total. The van der Waals surface area contributed by atoms with Crippen molar-refractivity contribution in [2.75, 3.05) is 7.05 Å². The minimum atomic E-state index is 0.251. The standard InChI is InChI=1S/C15H21BrN4/c1-5-14-18-15(6-2)20(19-14)13-8-7-11(16)9-12(13)10(3)17-4/h7-10,17H,5-6H2,1-4H3. The molecule has 0 bridgehead atoms. The van der Waals surface area contributed by atoms with Crippen molar-refractivity contribution in [1.29, 1.82) is 0 Å². The summed E-state index contributed by atoms with van der Waals surface area (Å²) in [6.07, 6.45) is 1.73. The maximum Gasteiger partial charge on any atom is 0.151 e. The molecule has 1 unspecified atom stereocenters. The van der Waals surface area contributed by atoms with E-state index in [1.165, 1.54) is 5.56 Å². The number of halogens is 1. The second-order valence-corrected chi connectivity index (χ2v) is 5.69. The Hall–Kier alpha value is -1.20. The van der Waals surface area contributed by atoms with Gasteiger partial charge in [-0.3, -0.25) is 0 Å². The second kappa shape index (κ2) is 6.50. The van der Waals surface area contributed by atoms with Crippen molar-refractivity contribution in [1.82, 2.24) is 20.1 Å². The lowest BCUT2D eigenvalue weighted by Gasteiger charge is -2.17. The average molecular weight is 337 g/mol. The average Bonchev–Trinajstić information content (AvgIpc) is 2.89. The van der Waals surface area contributed by atoms with Gasteiger partial charge in [-0.25, -0.2) is 9.67 Å². The van der Waals surface area contributed by atoms with Gasteiger partial charge in [0.2, 0.25) is 0 Å². The molecule has 5 heteroatoms. The minimum Gasteiger partial charge on any atom is -0.313 e. The zero-order chi connectivity index (χ0) is 14.7. The first-order valence-electron chi connectivity index (χ1n) is 7.02. The molecule has 2 aromatic rings. The van der Waals surface area contributed by atoms with E-state index in [1.807, 2.05) is 17.8 Å². The first-order chi connectivity index (χ1) is 9.60. The Morgan fingerprint density at radius 3 is 2.65 bits per heavy atom. The lowest BCUT2D eigenvalue weighted by atomic mass is 10.1. The summed E-state index contributed by atoms with van der Waals surface area (Å²) in [6.45, 7) is 6.34. The fourth-order valence-electron chi connectivity index (χ4n) is 2.18. The van der Waals surface area contributed by atoms with Crippen molar-refractivity contribution in [2.45, 2.75) is 39.7 Å². The number of benzene rings is 1. The molecule has 0 amide bonds. The quantitative estimate of drug-likeness (QED) is 0.909. The van der Waals surface area contributed by atoms with Gasteiger partial charge in [0, 0.05) is 23.4 Å². The summed E-state index contributed by atoms with van der Waals surface area (Å²) in [7, 11) is 1.97. The van der Waals surface area contributed by atoms with Crippen LogP contribution in [0.15, 0.2) is 22.7 Å². The van der Waals surface area contributed by atoms with Gasteiger partial charge in [-0.05, 0) is 37.7 Å². The van der Waals surface area contributed by atoms with E-state index in [9.17, 15) is 0 Å². The Labute approximate surface area is 128 Å². The topological polar surface area (TPSA) is 42.7 Å². The fourth-order valence-corrected chi connectivity index (χ4v) is 2.56. The summed E-state index contributed by atoms with van der Waals surface area (Å²) in [6, 6.07) is 6.54. The van der Waals surface area contributed by atoms with Crippen LogP contribution in [0.1, 0.15) is 44.0 Å². The third kappa shape index (κ3) is 2.94. The second-order valence-electron chi connectivity index (χ2n) is 4.78. The van der Waals surface area contributed by atoms with Crippen molar-refractivity contribution in [3.05, 3.63) is 39.9 Å². The largest absolute Gasteiger partial charge is 0.313 e. The monoisotopic (exact) mass is 336 g/mol. The van der Waals surface area contributed by atoms with Gasteiger partial charge in [0.1, 0.15) is 5.82 Å². The molecule has 0 fully saturated rings. The van der Waals surface area contributed by atoms with E-state index in [-0.39, 0.29) is 6.04 Å². The number of aromatic nitrogens is 3. The van der Waals surface area contributed by atoms with Crippen molar-refractivity contribution < 1.29 is 0 Å². The van der Waals surface area contributed by atoms with Gasteiger partial charge in [-0.1, -0.05) is 29.8 Å². The van der Waals surface area contributed by atoms with E-state index in [1.54, 1.807) is 0 Å². The Bertz CT molecular complexity index is 592. The Morgan fingerprint density at radius 1 is 1.30 bits per heavy atom. The number of hydrogen-bond acceptors (Lipinski definition) is 3. The summed E-state index contributed by atoms with van der Waals surface area (Å²) >= 11 is 3.55. The van der Waals surface area contributed by atoms with Crippen LogP contribution in [0.4, 0.5) is 0 Å². The highest BCUT2D eigenvalue weighted by atomic mass is 79.9. The molecule has 0 aliphatic carbocycles. The van der Waals surface area contributed by atoms with Gasteiger partial charge in [0.25, 0.3) is 0 Å². The van der Waals surface area contributed by atoms with Crippen molar-refractivity contribution >= 4 is 15.9 Å². The van der Waals surface area contributed by atoms with Gasteiger partial charge in [0.05, 0.1) is 5.69 Å². The highest BCUT2D eigenvalue weighted by molar-refractivity contribution is 9.10. The van der Waals surface area contributed by atoms with Crippen LogP contribution in [0, 0.1) is 0 Å². The van der Waals surface area contributed by atoms with E-state index in [2.05, 4.69) is 64.2 Å². The maximum absolute atomic E-state index is 4.64. The van der Waals surface area contributed by atoms with E-state index >= 15 is 0 Å². The minimum absolute atomic E-state index is 0.251. The molecule has 1 aromatic carbocycles. The molecular weight excluding hydrogens is 316 g/mol. The molecule has 0 aliphatic rings. The number of aryl methyl sites for hydroxylation is 2. The van der Waals surface area contributed by atoms with E-state index < -0.39 is 0 Å². The molecule has 1 heterocycles. The molecule has 20 heavy (non-hydrogen) atoms. The lowest BCUT2D eigenvalue weighted by Crippen LogP contribution is -2.16. The molecule has 0 saturated carbocycles. The van der Waals surface area contributed by atoms with Crippen molar-refractivity contribution in [3.8, 4) is 5.69 Å². The van der Waals surface area contributed by atoms with Gasteiger partial charge >= 0.3 is 0 Å². The molecule has 4 nitrogen and oxygen atoms in total. The van der Waals surface area contributed by atoms with Crippen molar-refractivity contribution in [3.63, 3.8) is 0 Å². The third-order valence-electron chi connectivity index (χ3n) is 3.47. The number of hydrogen-bond donors (Lipinski definition) is 1. The van der Waals surface area contributed by atoms with Gasteiger partial charge in [-0.15, -0.1) is 0 Å². The van der Waals surface area contributed by atoms with Crippen molar-refractivity contribution in [2.24, 2.45) is 0 Å². The molecule has 0 aliphatic heterocycles. The summed E-state index contributed by atoms with van der Waals surface area (Å²) in [5.41, 5.74) is 2.31. The summed E-state index contributed by atoms with van der Waals surface area (Å²) in [4.78, 5) is 4.59. The Kier molecular flexibility index (Phi) is 4.94. The fraction of sp³-hybridized carbons (Fsp3) is 0.467. The molecule has 0 radical (unpaired) electrons. The van der Waals surface area contributed by atoms with Crippen LogP contribution in [0.25, 0.3) is 5.69 Å². The zero-order valence-electron chi connectivity index (χ0n) is 12.4. The maximum atomic E-state index is 4.64. The summed E-state index contributed by atoms with van der Waals surface area (Å²) < 4.78 is 3.06. The number of nitrogens with zero attached hydrogens (tertiary/aromatic N) is 3. The van der Waals surface area contributed by atoms with Crippen LogP contribution in [-0.4, -0.2) is 21.8 Å². The Morgan fingerprint density at radius 2 is 2.05 bits per heavy atom. The van der Waals surface area contributed by atoms with E-state index in [0.717, 1.165) is 34.7 Å². The Balaban J connectivity index is 2.59. The molecule has 0 spiro atoms. The van der Waals surface area contributed by atoms with Gasteiger partial charge in [-0.2, -0.15) is 5.10 Å². The summed E-state index contributed by atoms with van der Waals surface area (Å²) in [5.74, 6) is 1.90. The molecule has 108 valence electrons. The van der Waals surface area contributed by atoms with Crippen LogP contribution >= 0.6 is 15.9 Å². The molecule has 0 saturated heterocycles. The first kappa shape index (κ1) is 15.2. The predicted molar refractivity (Wildman–Crippen MR) is 85.3 cm³/mol. The normalized spacial score (nSPS) is 12.7. The SMILES string of the molecule is CCc1nc(CC)n(-c2ccc(Br)cc2C(C)NC)n1. The number of nitrogens with one attached hydrogen (secondary N) is 1. The number of rotatable bonds is 5. The van der Waals surface area contributed by atoms with Crippen LogP contribution in [0.5, 0.6) is 0 Å². The van der Waals surface area contributed by atoms with E-state index in [0.29, 0.717) is 0 Å². The van der Waals surface area contributed by atoms with Crippen LogP contribution in [0.3, 0.4) is 0 Å². The molecular formula is C15H21BrN4. The van der Waals surface area contributed by atoms with Crippen LogP contribution < -0.4 is 5.32 Å². The smallest absolute Gasteiger partial charge is 0.151 e. The van der Waals surface area contributed by atoms with Crippen LogP contribution in [-0.2, 0) is 12.8 Å². The predicted octanol–water partition coefficient (Wildman–Crippen LogP) is 3.44. The highest BCUT2D eigenvalue weighted by Gasteiger charge is 2.16. The molecule has 2 rings (SSSR count). The third-order valence-corrected chi connectivity index (χ3v) is 3.96. The van der Waals surface area contributed by atoms with Crippen LogP contribution in [0.2, 0.25) is 0 Å². The van der Waals surface area contributed by atoms with Gasteiger partial charge < -0.3 is 5.32 Å². The first-order valence-corrected chi connectivity index (χ1v) is 7.81. The highest BCUT2D eigenvalue weighted by Crippen LogP contribution is 2.26. The summed E-state index contributed by atoms with van der Waals surface area (Å²) in [5, 5.41) is 7.93. The van der Waals surface area contributed by atoms with Gasteiger partial charge in [0.15, 0.2) is 5.82 Å². The zero-order valence-corrected chi connectivity index (χ0v) is 14.0. The lowest BCUT2D eigenvalue weighted by molar-refractivity contribution is 0.640. The van der Waals surface area contributed by atoms with E-state index in [4.69, 9.17) is 0 Å².